The minimum absolute atomic E-state index is 0.314. The normalized spacial score (nSPS) is 11.6. The lowest BCUT2D eigenvalue weighted by molar-refractivity contribution is 0.108. The molecule has 7 heteroatoms. The standard InChI is InChI=1S/C29H30N2O5/c1-6-24(20-10-8-7-9-11-20)36-29(32)31-22-14-19(3)26(15-18(22)2)35-25-12-13-30-23-17-28(34-5)27(33-4)16-21(23)25/h7-17,24H,6H2,1-5H3,(H,31,32). The van der Waals surface area contributed by atoms with Crippen LogP contribution in [0.2, 0.25) is 0 Å². The summed E-state index contributed by atoms with van der Waals surface area (Å²) >= 11 is 0. The average molecular weight is 487 g/mol. The lowest BCUT2D eigenvalue weighted by atomic mass is 10.1. The van der Waals surface area contributed by atoms with E-state index >= 15 is 0 Å². The van der Waals surface area contributed by atoms with Crippen molar-refractivity contribution in [1.82, 2.24) is 4.98 Å². The first-order valence-corrected chi connectivity index (χ1v) is 11.8. The molecule has 1 amide bonds. The van der Waals surface area contributed by atoms with Crippen molar-refractivity contribution in [1.29, 1.82) is 0 Å². The topological polar surface area (TPSA) is 78.9 Å². The van der Waals surface area contributed by atoms with Crippen LogP contribution in [0.3, 0.4) is 0 Å². The number of aromatic nitrogens is 1. The molecule has 4 rings (SSSR count). The van der Waals surface area contributed by atoms with E-state index < -0.39 is 6.09 Å². The van der Waals surface area contributed by atoms with Crippen molar-refractivity contribution in [2.24, 2.45) is 0 Å². The van der Waals surface area contributed by atoms with Gasteiger partial charge in [-0.05, 0) is 61.2 Å². The highest BCUT2D eigenvalue weighted by Gasteiger charge is 2.17. The molecule has 0 saturated heterocycles. The Hall–Kier alpha value is -4.26. The number of aryl methyl sites for hydroxylation is 2. The fraction of sp³-hybridized carbons (Fsp3) is 0.241. The van der Waals surface area contributed by atoms with Crippen molar-refractivity contribution in [3.8, 4) is 23.0 Å². The summed E-state index contributed by atoms with van der Waals surface area (Å²) < 4.78 is 22.8. The zero-order valence-electron chi connectivity index (χ0n) is 21.1. The molecule has 1 atom stereocenters. The predicted molar refractivity (Wildman–Crippen MR) is 140 cm³/mol. The first kappa shape index (κ1) is 24.9. The van der Waals surface area contributed by atoms with Crippen molar-refractivity contribution in [3.05, 3.63) is 83.6 Å². The smallest absolute Gasteiger partial charge is 0.412 e. The van der Waals surface area contributed by atoms with E-state index in [9.17, 15) is 4.79 Å². The van der Waals surface area contributed by atoms with Gasteiger partial charge in [-0.1, -0.05) is 37.3 Å². The number of anilines is 1. The molecule has 0 fully saturated rings. The maximum Gasteiger partial charge on any atom is 0.412 e. The van der Waals surface area contributed by atoms with Crippen LogP contribution in [0.4, 0.5) is 10.5 Å². The molecule has 0 aliphatic rings. The highest BCUT2D eigenvalue weighted by Crippen LogP contribution is 2.38. The highest BCUT2D eigenvalue weighted by atomic mass is 16.6. The van der Waals surface area contributed by atoms with Crippen molar-refractivity contribution in [2.45, 2.75) is 33.3 Å². The molecule has 4 aromatic rings. The van der Waals surface area contributed by atoms with E-state index in [1.807, 2.05) is 75.4 Å². The number of carbonyl (C=O) groups excluding carboxylic acids is 1. The number of hydrogen-bond acceptors (Lipinski definition) is 6. The molecule has 0 bridgehead atoms. The van der Waals surface area contributed by atoms with Crippen molar-refractivity contribution in [3.63, 3.8) is 0 Å². The van der Waals surface area contributed by atoms with E-state index in [0.717, 1.165) is 27.6 Å². The molecule has 1 heterocycles. The van der Waals surface area contributed by atoms with Crippen LogP contribution >= 0.6 is 0 Å². The van der Waals surface area contributed by atoms with Gasteiger partial charge in [-0.25, -0.2) is 4.79 Å². The summed E-state index contributed by atoms with van der Waals surface area (Å²) in [5.41, 5.74) is 4.06. The van der Waals surface area contributed by atoms with Crippen molar-refractivity contribution < 1.29 is 23.7 Å². The second-order valence-corrected chi connectivity index (χ2v) is 8.41. The summed E-state index contributed by atoms with van der Waals surface area (Å²) in [5.74, 6) is 2.50. The second kappa shape index (κ2) is 11.0. The lowest BCUT2D eigenvalue weighted by Crippen LogP contribution is -2.18. The zero-order valence-corrected chi connectivity index (χ0v) is 21.1. The third-order valence-corrected chi connectivity index (χ3v) is 5.98. The summed E-state index contributed by atoms with van der Waals surface area (Å²) in [6, 6.07) is 19.0. The first-order valence-electron chi connectivity index (χ1n) is 11.8. The number of amides is 1. The molecule has 0 radical (unpaired) electrons. The number of hydrogen-bond donors (Lipinski definition) is 1. The molecule has 0 aliphatic carbocycles. The summed E-state index contributed by atoms with van der Waals surface area (Å²) in [4.78, 5) is 17.1. The Labute approximate surface area is 211 Å². The van der Waals surface area contributed by atoms with Gasteiger partial charge in [0.2, 0.25) is 0 Å². The van der Waals surface area contributed by atoms with Crippen LogP contribution in [0.1, 0.15) is 36.1 Å². The molecule has 1 unspecified atom stereocenters. The number of ether oxygens (including phenoxy) is 4. The van der Waals surface area contributed by atoms with E-state index in [0.29, 0.717) is 35.1 Å². The maximum absolute atomic E-state index is 12.7. The van der Waals surface area contributed by atoms with Gasteiger partial charge in [0, 0.05) is 23.3 Å². The monoisotopic (exact) mass is 486 g/mol. The Kier molecular flexibility index (Phi) is 7.59. The maximum atomic E-state index is 12.7. The van der Waals surface area contributed by atoms with Crippen LogP contribution in [0, 0.1) is 13.8 Å². The van der Waals surface area contributed by atoms with Gasteiger partial charge in [0.05, 0.1) is 19.7 Å². The van der Waals surface area contributed by atoms with E-state index in [1.165, 1.54) is 0 Å². The average Bonchev–Trinajstić information content (AvgIpc) is 2.89. The van der Waals surface area contributed by atoms with Crippen LogP contribution < -0.4 is 19.5 Å². The van der Waals surface area contributed by atoms with Gasteiger partial charge in [0.1, 0.15) is 17.6 Å². The van der Waals surface area contributed by atoms with Crippen molar-refractivity contribution in [2.75, 3.05) is 19.5 Å². The van der Waals surface area contributed by atoms with Crippen LogP contribution in [0.25, 0.3) is 10.9 Å². The molecular weight excluding hydrogens is 456 g/mol. The summed E-state index contributed by atoms with van der Waals surface area (Å²) in [7, 11) is 3.18. The van der Waals surface area contributed by atoms with Gasteiger partial charge in [-0.15, -0.1) is 0 Å². The van der Waals surface area contributed by atoms with Crippen LogP contribution in [0.15, 0.2) is 66.9 Å². The van der Waals surface area contributed by atoms with Gasteiger partial charge in [0.15, 0.2) is 11.5 Å². The molecule has 0 aliphatic heterocycles. The van der Waals surface area contributed by atoms with E-state index in [4.69, 9.17) is 18.9 Å². The number of nitrogens with zero attached hydrogens (tertiary/aromatic N) is 1. The molecule has 0 spiro atoms. The summed E-state index contributed by atoms with van der Waals surface area (Å²) in [6.07, 6.45) is 1.56. The van der Waals surface area contributed by atoms with E-state index in [2.05, 4.69) is 10.3 Å². The van der Waals surface area contributed by atoms with Crippen LogP contribution in [-0.2, 0) is 4.74 Å². The minimum atomic E-state index is -0.497. The number of pyridine rings is 1. The third kappa shape index (κ3) is 5.35. The molecule has 1 N–H and O–H groups in total. The molecule has 7 nitrogen and oxygen atoms in total. The molecule has 1 aromatic heterocycles. The molecule has 186 valence electrons. The van der Waals surface area contributed by atoms with E-state index in [-0.39, 0.29) is 6.10 Å². The Morgan fingerprint density at radius 3 is 2.31 bits per heavy atom. The number of benzene rings is 3. The van der Waals surface area contributed by atoms with E-state index in [1.54, 1.807) is 26.5 Å². The number of rotatable bonds is 8. The lowest BCUT2D eigenvalue weighted by Gasteiger charge is -2.19. The number of fused-ring (bicyclic) bond motifs is 1. The molecular formula is C29H30N2O5. The quantitative estimate of drug-likeness (QED) is 0.280. The fourth-order valence-corrected chi connectivity index (χ4v) is 4.01. The van der Waals surface area contributed by atoms with Gasteiger partial charge < -0.3 is 18.9 Å². The third-order valence-electron chi connectivity index (χ3n) is 5.98. The Bertz CT molecular complexity index is 1370. The Balaban J connectivity index is 1.55. The van der Waals surface area contributed by atoms with Crippen LogP contribution in [0.5, 0.6) is 23.0 Å². The predicted octanol–water partition coefficient (Wildman–Crippen LogP) is 7.36. The largest absolute Gasteiger partial charge is 0.493 e. The van der Waals surface area contributed by atoms with Gasteiger partial charge in [-0.2, -0.15) is 0 Å². The molecule has 0 saturated carbocycles. The van der Waals surface area contributed by atoms with Crippen molar-refractivity contribution >= 4 is 22.7 Å². The number of nitrogens with one attached hydrogen (secondary N) is 1. The number of methoxy groups -OCH3 is 2. The fourth-order valence-electron chi connectivity index (χ4n) is 4.01. The summed E-state index contributed by atoms with van der Waals surface area (Å²) in [5, 5.41) is 3.67. The Morgan fingerprint density at radius 2 is 1.61 bits per heavy atom. The molecule has 3 aromatic carbocycles. The van der Waals surface area contributed by atoms with Gasteiger partial charge in [-0.3, -0.25) is 10.3 Å². The summed E-state index contributed by atoms with van der Waals surface area (Å²) in [6.45, 7) is 5.83. The number of carbonyl (C=O) groups is 1. The molecule has 36 heavy (non-hydrogen) atoms. The van der Waals surface area contributed by atoms with Gasteiger partial charge in [0.25, 0.3) is 0 Å². The Morgan fingerprint density at radius 1 is 0.889 bits per heavy atom. The second-order valence-electron chi connectivity index (χ2n) is 8.41. The highest BCUT2D eigenvalue weighted by molar-refractivity contribution is 5.89. The SMILES string of the molecule is CCC(OC(=O)Nc1cc(C)c(Oc2ccnc3cc(OC)c(OC)cc23)cc1C)c1ccccc1. The van der Waals surface area contributed by atoms with Crippen LogP contribution in [-0.4, -0.2) is 25.3 Å². The minimum Gasteiger partial charge on any atom is -0.493 e. The zero-order chi connectivity index (χ0) is 25.7. The van der Waals surface area contributed by atoms with Gasteiger partial charge >= 0.3 is 6.09 Å². The first-order chi connectivity index (χ1) is 17.4.